The molecule has 3 rings (SSSR count). The van der Waals surface area contributed by atoms with Crippen LogP contribution in [0, 0.1) is 12.7 Å². The maximum absolute atomic E-state index is 14.1. The minimum absolute atomic E-state index is 0.163. The van der Waals surface area contributed by atoms with E-state index in [1.165, 1.54) is 24.5 Å². The topological polar surface area (TPSA) is 35.5 Å². The highest BCUT2D eigenvalue weighted by Gasteiger charge is 2.21. The fraction of sp³-hybridized carbons (Fsp3) is 0.211. The fourth-order valence-corrected chi connectivity index (χ4v) is 3.75. The predicted octanol–water partition coefficient (Wildman–Crippen LogP) is 4.85. The number of rotatable bonds is 5. The highest BCUT2D eigenvalue weighted by atomic mass is 32.1. The first-order valence-corrected chi connectivity index (χ1v) is 8.33. The maximum Gasteiger partial charge on any atom is 0.349 e. The Morgan fingerprint density at radius 2 is 1.96 bits per heavy atom. The summed E-state index contributed by atoms with van der Waals surface area (Å²) in [5.74, 6) is -0.808. The molecule has 0 saturated carbocycles. The molecule has 0 aliphatic heterocycles. The minimum atomic E-state index is -0.454. The number of hydrogen-bond donors (Lipinski definition) is 0. The molecule has 0 amide bonds. The number of fused-ring (bicyclic) bond motifs is 1. The highest BCUT2D eigenvalue weighted by Crippen LogP contribution is 2.34. The van der Waals surface area contributed by atoms with Crippen molar-refractivity contribution in [3.8, 4) is 0 Å². The van der Waals surface area contributed by atoms with E-state index >= 15 is 0 Å². The highest BCUT2D eigenvalue weighted by molar-refractivity contribution is 7.21. The molecular weight excluding hydrogens is 327 g/mol. The van der Waals surface area contributed by atoms with Crippen molar-refractivity contribution in [1.29, 1.82) is 0 Å². The van der Waals surface area contributed by atoms with Gasteiger partial charge in [0.25, 0.3) is 0 Å². The lowest BCUT2D eigenvalue weighted by Gasteiger charge is -2.06. The van der Waals surface area contributed by atoms with E-state index in [2.05, 4.69) is 0 Å². The van der Waals surface area contributed by atoms with Crippen molar-refractivity contribution >= 4 is 27.4 Å². The summed E-state index contributed by atoms with van der Waals surface area (Å²) < 4.78 is 25.4. The van der Waals surface area contributed by atoms with E-state index in [0.717, 1.165) is 11.1 Å². The molecule has 1 heterocycles. The van der Waals surface area contributed by atoms with Crippen LogP contribution in [0.15, 0.2) is 42.5 Å². The van der Waals surface area contributed by atoms with E-state index in [-0.39, 0.29) is 19.0 Å². The van der Waals surface area contributed by atoms with Crippen LogP contribution in [0.3, 0.4) is 0 Å². The number of carbonyl (C=O) groups excluding carboxylic acids is 1. The molecule has 3 nitrogen and oxygen atoms in total. The summed E-state index contributed by atoms with van der Waals surface area (Å²) in [7, 11) is 1.52. The molecule has 124 valence electrons. The van der Waals surface area contributed by atoms with Gasteiger partial charge in [0.2, 0.25) is 0 Å². The third-order valence-electron chi connectivity index (χ3n) is 3.69. The van der Waals surface area contributed by atoms with E-state index in [4.69, 9.17) is 9.47 Å². The SMILES string of the molecule is COCc1c(C(=O)OCc2cccc(C)c2)sc2cccc(F)c12. The second kappa shape index (κ2) is 7.11. The lowest BCUT2D eigenvalue weighted by molar-refractivity contribution is 0.0474. The van der Waals surface area contributed by atoms with Gasteiger partial charge in [-0.2, -0.15) is 0 Å². The van der Waals surface area contributed by atoms with Gasteiger partial charge in [-0.05, 0) is 24.6 Å². The Kier molecular flexibility index (Phi) is 4.92. The summed E-state index contributed by atoms with van der Waals surface area (Å²) in [5, 5.41) is 0.437. The van der Waals surface area contributed by atoms with Crippen LogP contribution in [0.25, 0.3) is 10.1 Å². The van der Waals surface area contributed by atoms with Crippen LogP contribution >= 0.6 is 11.3 Å². The first kappa shape index (κ1) is 16.6. The van der Waals surface area contributed by atoms with Crippen LogP contribution in [-0.2, 0) is 22.7 Å². The van der Waals surface area contributed by atoms with Crippen LogP contribution in [0.1, 0.15) is 26.4 Å². The first-order chi connectivity index (χ1) is 11.6. The molecule has 0 saturated heterocycles. The molecule has 0 radical (unpaired) electrons. The van der Waals surface area contributed by atoms with E-state index in [0.29, 0.717) is 20.5 Å². The lowest BCUT2D eigenvalue weighted by atomic mass is 10.1. The van der Waals surface area contributed by atoms with E-state index in [1.54, 1.807) is 12.1 Å². The molecular formula is C19H17FO3S. The Hall–Kier alpha value is -2.24. The van der Waals surface area contributed by atoms with Crippen molar-refractivity contribution in [3.05, 3.63) is 69.8 Å². The zero-order chi connectivity index (χ0) is 17.1. The van der Waals surface area contributed by atoms with Crippen LogP contribution in [0.5, 0.6) is 0 Å². The third kappa shape index (κ3) is 3.32. The van der Waals surface area contributed by atoms with Gasteiger partial charge in [0.05, 0.1) is 6.61 Å². The number of esters is 1. The van der Waals surface area contributed by atoms with E-state index in [1.807, 2.05) is 31.2 Å². The Bertz CT molecular complexity index is 885. The predicted molar refractivity (Wildman–Crippen MR) is 92.8 cm³/mol. The summed E-state index contributed by atoms with van der Waals surface area (Å²) in [4.78, 5) is 12.9. The monoisotopic (exact) mass is 344 g/mol. The Balaban J connectivity index is 1.89. The molecule has 5 heteroatoms. The fourth-order valence-electron chi connectivity index (χ4n) is 2.63. The molecule has 0 aliphatic rings. The van der Waals surface area contributed by atoms with Gasteiger partial charge >= 0.3 is 5.97 Å². The van der Waals surface area contributed by atoms with Crippen LogP contribution in [0.2, 0.25) is 0 Å². The van der Waals surface area contributed by atoms with Gasteiger partial charge in [-0.3, -0.25) is 0 Å². The largest absolute Gasteiger partial charge is 0.457 e. The van der Waals surface area contributed by atoms with Crippen molar-refractivity contribution in [2.75, 3.05) is 7.11 Å². The van der Waals surface area contributed by atoms with Crippen molar-refractivity contribution in [2.45, 2.75) is 20.1 Å². The number of thiophene rings is 1. The van der Waals surface area contributed by atoms with Gasteiger partial charge in [-0.25, -0.2) is 9.18 Å². The van der Waals surface area contributed by atoms with Crippen molar-refractivity contribution < 1.29 is 18.7 Å². The average molecular weight is 344 g/mol. The maximum atomic E-state index is 14.1. The van der Waals surface area contributed by atoms with Gasteiger partial charge in [0.15, 0.2) is 0 Å². The number of aryl methyl sites for hydroxylation is 1. The zero-order valence-electron chi connectivity index (χ0n) is 13.5. The molecule has 1 aromatic heterocycles. The van der Waals surface area contributed by atoms with Gasteiger partial charge in [0, 0.05) is 22.8 Å². The molecule has 24 heavy (non-hydrogen) atoms. The summed E-state index contributed by atoms with van der Waals surface area (Å²) in [5.41, 5.74) is 2.57. The summed E-state index contributed by atoms with van der Waals surface area (Å²) in [6.45, 7) is 2.33. The van der Waals surface area contributed by atoms with Crippen LogP contribution in [-0.4, -0.2) is 13.1 Å². The summed E-state index contributed by atoms with van der Waals surface area (Å²) in [6, 6.07) is 12.6. The average Bonchev–Trinajstić information content (AvgIpc) is 2.93. The van der Waals surface area contributed by atoms with Gasteiger partial charge in [-0.15, -0.1) is 11.3 Å². The normalized spacial score (nSPS) is 11.0. The minimum Gasteiger partial charge on any atom is -0.457 e. The Labute approximate surface area is 143 Å². The second-order valence-electron chi connectivity index (χ2n) is 5.52. The van der Waals surface area contributed by atoms with Crippen molar-refractivity contribution in [3.63, 3.8) is 0 Å². The quantitative estimate of drug-likeness (QED) is 0.621. The van der Waals surface area contributed by atoms with Gasteiger partial charge < -0.3 is 9.47 Å². The standard InChI is InChI=1S/C19H17FO3S/c1-12-5-3-6-13(9-12)10-23-19(21)18-14(11-22-2)17-15(20)7-4-8-16(17)24-18/h3-9H,10-11H2,1-2H3. The summed E-state index contributed by atoms with van der Waals surface area (Å²) >= 11 is 1.23. The summed E-state index contributed by atoms with van der Waals surface area (Å²) in [6.07, 6.45) is 0. The molecule has 2 aromatic carbocycles. The Morgan fingerprint density at radius 1 is 1.17 bits per heavy atom. The van der Waals surface area contributed by atoms with Gasteiger partial charge in [-0.1, -0.05) is 35.9 Å². The molecule has 0 unspecified atom stereocenters. The molecule has 0 atom stereocenters. The third-order valence-corrected chi connectivity index (χ3v) is 4.87. The molecule has 0 spiro atoms. The van der Waals surface area contributed by atoms with Crippen LogP contribution < -0.4 is 0 Å². The molecule has 0 fully saturated rings. The Morgan fingerprint density at radius 3 is 2.71 bits per heavy atom. The number of benzene rings is 2. The number of ether oxygens (including phenoxy) is 2. The zero-order valence-corrected chi connectivity index (χ0v) is 14.3. The molecule has 0 bridgehead atoms. The van der Waals surface area contributed by atoms with Gasteiger partial charge in [0.1, 0.15) is 17.3 Å². The first-order valence-electron chi connectivity index (χ1n) is 7.51. The van der Waals surface area contributed by atoms with E-state index < -0.39 is 5.97 Å². The second-order valence-corrected chi connectivity index (χ2v) is 6.57. The van der Waals surface area contributed by atoms with Crippen molar-refractivity contribution in [2.24, 2.45) is 0 Å². The smallest absolute Gasteiger partial charge is 0.349 e. The number of hydrogen-bond acceptors (Lipinski definition) is 4. The molecule has 0 N–H and O–H groups in total. The molecule has 3 aromatic rings. The number of carbonyl (C=O) groups is 1. The molecule has 0 aliphatic carbocycles. The van der Waals surface area contributed by atoms with Crippen molar-refractivity contribution in [1.82, 2.24) is 0 Å². The van der Waals surface area contributed by atoms with E-state index in [9.17, 15) is 9.18 Å². The number of methoxy groups -OCH3 is 1. The lowest BCUT2D eigenvalue weighted by Crippen LogP contribution is -2.06. The number of halogens is 1. The van der Waals surface area contributed by atoms with Crippen LogP contribution in [0.4, 0.5) is 4.39 Å².